The number of benzene rings is 1. The predicted octanol–water partition coefficient (Wildman–Crippen LogP) is 2.15. The van der Waals surface area contributed by atoms with Crippen molar-refractivity contribution in [3.8, 4) is 5.75 Å². The first-order valence-corrected chi connectivity index (χ1v) is 6.66. The van der Waals surface area contributed by atoms with Crippen LogP contribution in [0.25, 0.3) is 0 Å². The second-order valence-corrected chi connectivity index (χ2v) is 5.04. The van der Waals surface area contributed by atoms with Gasteiger partial charge in [-0.2, -0.15) is 0 Å². The first-order valence-electron chi connectivity index (χ1n) is 6.66. The average Bonchev–Trinajstić information content (AvgIpc) is 2.87. The first-order chi connectivity index (χ1) is 9.51. The third-order valence-electron chi connectivity index (χ3n) is 3.50. The molecule has 1 amide bonds. The van der Waals surface area contributed by atoms with Crippen molar-refractivity contribution in [3.05, 3.63) is 29.8 Å². The highest BCUT2D eigenvalue weighted by Gasteiger charge is 2.36. The van der Waals surface area contributed by atoms with Crippen LogP contribution in [-0.4, -0.2) is 24.6 Å². The molecule has 0 heterocycles. The summed E-state index contributed by atoms with van der Waals surface area (Å²) < 4.78 is 30.9. The summed E-state index contributed by atoms with van der Waals surface area (Å²) >= 11 is 0. The fourth-order valence-corrected chi connectivity index (χ4v) is 2.31. The molecule has 7 heteroatoms. The maximum atomic E-state index is 12.9. The van der Waals surface area contributed by atoms with Crippen molar-refractivity contribution < 1.29 is 18.3 Å². The van der Waals surface area contributed by atoms with Gasteiger partial charge in [0, 0.05) is 6.07 Å². The molecular weight excluding hydrogens is 302 g/mol. The van der Waals surface area contributed by atoms with Crippen molar-refractivity contribution in [1.29, 1.82) is 0 Å². The molecule has 0 radical (unpaired) electrons. The van der Waals surface area contributed by atoms with Gasteiger partial charge in [-0.25, -0.2) is 8.78 Å². The van der Waals surface area contributed by atoms with Crippen LogP contribution in [0.5, 0.6) is 5.75 Å². The summed E-state index contributed by atoms with van der Waals surface area (Å²) in [5, 5.41) is 2.70. The lowest BCUT2D eigenvalue weighted by atomic mass is 9.98. The highest BCUT2D eigenvalue weighted by molar-refractivity contribution is 5.86. The van der Waals surface area contributed by atoms with Crippen molar-refractivity contribution in [1.82, 2.24) is 5.32 Å². The minimum atomic E-state index is -0.960. The molecule has 0 aliphatic heterocycles. The van der Waals surface area contributed by atoms with Gasteiger partial charge in [0.05, 0.1) is 12.1 Å². The van der Waals surface area contributed by atoms with E-state index in [0.29, 0.717) is 12.8 Å². The molecule has 4 nitrogen and oxygen atoms in total. The number of carbonyl (C=O) groups is 1. The second-order valence-electron chi connectivity index (χ2n) is 5.04. The van der Waals surface area contributed by atoms with E-state index in [4.69, 9.17) is 10.5 Å². The quantitative estimate of drug-likeness (QED) is 0.817. The Morgan fingerprint density at radius 2 is 1.95 bits per heavy atom. The average molecular weight is 321 g/mol. The molecule has 1 aromatic rings. The maximum absolute atomic E-state index is 12.9. The summed E-state index contributed by atoms with van der Waals surface area (Å²) in [4.78, 5) is 11.9. The van der Waals surface area contributed by atoms with Gasteiger partial charge in [0.1, 0.15) is 12.4 Å². The Labute approximate surface area is 128 Å². The van der Waals surface area contributed by atoms with E-state index in [1.165, 1.54) is 6.07 Å². The molecule has 1 aliphatic rings. The van der Waals surface area contributed by atoms with Crippen LogP contribution >= 0.6 is 12.4 Å². The molecule has 0 aromatic heterocycles. The van der Waals surface area contributed by atoms with E-state index in [1.807, 2.05) is 0 Å². The summed E-state index contributed by atoms with van der Waals surface area (Å²) in [6, 6.07) is 3.30. The number of carbonyl (C=O) groups excluding carboxylic acids is 1. The number of hydrogen-bond donors (Lipinski definition) is 2. The Morgan fingerprint density at radius 3 is 2.57 bits per heavy atom. The van der Waals surface area contributed by atoms with Crippen molar-refractivity contribution in [2.45, 2.75) is 31.2 Å². The van der Waals surface area contributed by atoms with Crippen molar-refractivity contribution >= 4 is 18.3 Å². The number of amides is 1. The fraction of sp³-hybridized carbons (Fsp3) is 0.500. The Morgan fingerprint density at radius 1 is 1.29 bits per heavy atom. The predicted molar refractivity (Wildman–Crippen MR) is 77.5 cm³/mol. The van der Waals surface area contributed by atoms with Gasteiger partial charge >= 0.3 is 0 Å². The molecule has 0 spiro atoms. The Hall–Kier alpha value is -1.40. The standard InChI is InChI=1S/C14H18F2N2O2.ClH/c15-11-4-3-10(9-12(11)16)20-8-7-18-13(19)14(17)5-1-2-6-14;/h3-4,9H,1-2,5-8,17H2,(H,18,19);1H. The Balaban J connectivity index is 0.00000220. The lowest BCUT2D eigenvalue weighted by Crippen LogP contribution is -2.52. The van der Waals surface area contributed by atoms with Gasteiger partial charge in [0.2, 0.25) is 5.91 Å². The van der Waals surface area contributed by atoms with Gasteiger partial charge in [0.15, 0.2) is 11.6 Å². The Bertz CT molecular complexity index is 494. The summed E-state index contributed by atoms with van der Waals surface area (Å²) in [5.74, 6) is -1.83. The van der Waals surface area contributed by atoms with E-state index in [2.05, 4.69) is 5.32 Å². The molecule has 0 unspecified atom stereocenters. The van der Waals surface area contributed by atoms with Gasteiger partial charge in [-0.15, -0.1) is 12.4 Å². The summed E-state index contributed by atoms with van der Waals surface area (Å²) in [6.07, 6.45) is 3.33. The van der Waals surface area contributed by atoms with Crippen LogP contribution in [0.15, 0.2) is 18.2 Å². The molecule has 0 atom stereocenters. The zero-order valence-electron chi connectivity index (χ0n) is 11.5. The van der Waals surface area contributed by atoms with Gasteiger partial charge in [0.25, 0.3) is 0 Å². The SMILES string of the molecule is Cl.NC1(C(=O)NCCOc2ccc(F)c(F)c2)CCCC1. The minimum absolute atomic E-state index is 0. The molecule has 2 rings (SSSR count). The molecule has 21 heavy (non-hydrogen) atoms. The zero-order valence-corrected chi connectivity index (χ0v) is 12.3. The van der Waals surface area contributed by atoms with Crippen LogP contribution in [0.1, 0.15) is 25.7 Å². The zero-order chi connectivity index (χ0) is 14.6. The molecular formula is C14H19ClF2N2O2. The minimum Gasteiger partial charge on any atom is -0.492 e. The summed E-state index contributed by atoms with van der Waals surface area (Å²) in [5.41, 5.74) is 5.23. The van der Waals surface area contributed by atoms with Gasteiger partial charge < -0.3 is 15.8 Å². The maximum Gasteiger partial charge on any atom is 0.240 e. The number of halogens is 3. The number of nitrogens with one attached hydrogen (secondary N) is 1. The summed E-state index contributed by atoms with van der Waals surface area (Å²) in [7, 11) is 0. The van der Waals surface area contributed by atoms with E-state index in [-0.39, 0.29) is 37.2 Å². The van der Waals surface area contributed by atoms with Gasteiger partial charge in [-0.1, -0.05) is 12.8 Å². The van der Waals surface area contributed by atoms with Crippen molar-refractivity contribution in [2.24, 2.45) is 5.73 Å². The summed E-state index contributed by atoms with van der Waals surface area (Å²) in [6.45, 7) is 0.448. The Kier molecular flexibility index (Phi) is 6.36. The topological polar surface area (TPSA) is 64.4 Å². The van der Waals surface area contributed by atoms with E-state index < -0.39 is 17.2 Å². The van der Waals surface area contributed by atoms with Crippen LogP contribution in [-0.2, 0) is 4.79 Å². The fourth-order valence-electron chi connectivity index (χ4n) is 2.31. The van der Waals surface area contributed by atoms with E-state index in [9.17, 15) is 13.6 Å². The normalized spacial score (nSPS) is 16.1. The molecule has 0 saturated heterocycles. The van der Waals surface area contributed by atoms with Crippen LogP contribution in [0, 0.1) is 11.6 Å². The lowest BCUT2D eigenvalue weighted by Gasteiger charge is -2.22. The monoisotopic (exact) mass is 320 g/mol. The molecule has 1 fully saturated rings. The molecule has 118 valence electrons. The molecule has 3 N–H and O–H groups in total. The number of hydrogen-bond acceptors (Lipinski definition) is 3. The van der Waals surface area contributed by atoms with Crippen LogP contribution in [0.2, 0.25) is 0 Å². The third-order valence-corrected chi connectivity index (χ3v) is 3.50. The highest BCUT2D eigenvalue weighted by atomic mass is 35.5. The second kappa shape index (κ2) is 7.56. The lowest BCUT2D eigenvalue weighted by molar-refractivity contribution is -0.126. The van der Waals surface area contributed by atoms with Crippen molar-refractivity contribution in [2.75, 3.05) is 13.2 Å². The number of nitrogens with two attached hydrogens (primary N) is 1. The van der Waals surface area contributed by atoms with E-state index >= 15 is 0 Å². The smallest absolute Gasteiger partial charge is 0.240 e. The van der Waals surface area contributed by atoms with Crippen molar-refractivity contribution in [3.63, 3.8) is 0 Å². The number of rotatable bonds is 5. The molecule has 1 aromatic carbocycles. The molecule has 1 saturated carbocycles. The highest BCUT2D eigenvalue weighted by Crippen LogP contribution is 2.27. The van der Waals surface area contributed by atoms with Crippen LogP contribution in [0.4, 0.5) is 8.78 Å². The van der Waals surface area contributed by atoms with Gasteiger partial charge in [-0.3, -0.25) is 4.79 Å². The molecule has 0 bridgehead atoms. The van der Waals surface area contributed by atoms with Gasteiger partial charge in [-0.05, 0) is 25.0 Å². The number of ether oxygens (including phenoxy) is 1. The third kappa shape index (κ3) is 4.54. The first kappa shape index (κ1) is 17.7. The molecule has 1 aliphatic carbocycles. The largest absolute Gasteiger partial charge is 0.492 e. The van der Waals surface area contributed by atoms with Crippen LogP contribution in [0.3, 0.4) is 0 Å². The van der Waals surface area contributed by atoms with E-state index in [0.717, 1.165) is 25.0 Å². The van der Waals surface area contributed by atoms with Crippen LogP contribution < -0.4 is 15.8 Å². The van der Waals surface area contributed by atoms with E-state index in [1.54, 1.807) is 0 Å².